The summed E-state index contributed by atoms with van der Waals surface area (Å²) in [6, 6.07) is 20.1. The molecule has 3 aromatic rings. The summed E-state index contributed by atoms with van der Waals surface area (Å²) in [5.41, 5.74) is 2.74. The van der Waals surface area contributed by atoms with Gasteiger partial charge in [-0.25, -0.2) is 0 Å². The van der Waals surface area contributed by atoms with Crippen LogP contribution in [0.15, 0.2) is 66.7 Å². The molecule has 8 heteroatoms. The molecular formula is C30H32Cl2N2O4. The van der Waals surface area contributed by atoms with Gasteiger partial charge in [-0.2, -0.15) is 0 Å². The van der Waals surface area contributed by atoms with Crippen LogP contribution in [0.3, 0.4) is 0 Å². The van der Waals surface area contributed by atoms with Crippen LogP contribution in [-0.4, -0.2) is 42.5 Å². The number of nitrogens with one attached hydrogen (secondary N) is 1. The Balaban J connectivity index is 1.59. The monoisotopic (exact) mass is 554 g/mol. The maximum atomic E-state index is 13.8. The highest BCUT2D eigenvalue weighted by Crippen LogP contribution is 2.31. The van der Waals surface area contributed by atoms with Gasteiger partial charge in [-0.05, 0) is 53.8 Å². The molecule has 0 spiro atoms. The Bertz CT molecular complexity index is 1250. The summed E-state index contributed by atoms with van der Waals surface area (Å²) >= 11 is 12.4. The second kappa shape index (κ2) is 13.5. The minimum Gasteiger partial charge on any atom is -0.486 e. The van der Waals surface area contributed by atoms with E-state index in [1.807, 2.05) is 61.5 Å². The smallest absolute Gasteiger partial charge is 0.243 e. The lowest BCUT2D eigenvalue weighted by Gasteiger charge is -2.32. The molecule has 0 radical (unpaired) electrons. The summed E-state index contributed by atoms with van der Waals surface area (Å²) in [4.78, 5) is 28.9. The highest BCUT2D eigenvalue weighted by atomic mass is 35.5. The molecule has 38 heavy (non-hydrogen) atoms. The van der Waals surface area contributed by atoms with E-state index >= 15 is 0 Å². The van der Waals surface area contributed by atoms with Crippen molar-refractivity contribution in [2.75, 3.05) is 19.8 Å². The summed E-state index contributed by atoms with van der Waals surface area (Å²) in [7, 11) is 0. The Morgan fingerprint density at radius 1 is 0.895 bits per heavy atom. The largest absolute Gasteiger partial charge is 0.486 e. The zero-order valence-corrected chi connectivity index (χ0v) is 22.9. The molecule has 1 N–H and O–H groups in total. The molecule has 4 rings (SSSR count). The number of amides is 2. The molecule has 0 bridgehead atoms. The third-order valence-electron chi connectivity index (χ3n) is 6.39. The molecule has 0 saturated heterocycles. The van der Waals surface area contributed by atoms with E-state index in [9.17, 15) is 9.59 Å². The minimum atomic E-state index is -0.689. The number of ether oxygens (including phenoxy) is 2. The zero-order valence-electron chi connectivity index (χ0n) is 21.4. The van der Waals surface area contributed by atoms with Crippen LogP contribution in [0.5, 0.6) is 11.5 Å². The standard InChI is InChI=1S/C30H32Cl2N2O4/c1-2-14-33-30(36)26(18-21-6-4-3-5-7-21)34(20-23-8-11-24(31)25(32)17-23)29(35)13-10-22-9-12-27-28(19-22)38-16-15-37-27/h3-9,11-12,17,19,26H,2,10,13-16,18,20H2,1H3,(H,33,36)/t26-/m1/s1. The van der Waals surface area contributed by atoms with Gasteiger partial charge in [0.15, 0.2) is 11.5 Å². The van der Waals surface area contributed by atoms with Gasteiger partial charge in [0.05, 0.1) is 10.0 Å². The lowest BCUT2D eigenvalue weighted by atomic mass is 10.0. The molecule has 1 atom stereocenters. The first-order valence-electron chi connectivity index (χ1n) is 12.9. The van der Waals surface area contributed by atoms with Crippen molar-refractivity contribution >= 4 is 35.0 Å². The molecule has 0 fully saturated rings. The van der Waals surface area contributed by atoms with Gasteiger partial charge in [0, 0.05) is 25.9 Å². The first-order chi connectivity index (χ1) is 18.4. The van der Waals surface area contributed by atoms with Crippen molar-refractivity contribution in [2.24, 2.45) is 0 Å². The van der Waals surface area contributed by atoms with Gasteiger partial charge in [-0.3, -0.25) is 9.59 Å². The molecule has 1 aliphatic heterocycles. The van der Waals surface area contributed by atoms with E-state index in [1.165, 1.54) is 0 Å². The van der Waals surface area contributed by atoms with Crippen molar-refractivity contribution in [2.45, 2.75) is 45.2 Å². The first kappa shape index (κ1) is 27.8. The van der Waals surface area contributed by atoms with Crippen molar-refractivity contribution in [1.29, 1.82) is 0 Å². The van der Waals surface area contributed by atoms with E-state index in [0.29, 0.717) is 54.1 Å². The fourth-order valence-electron chi connectivity index (χ4n) is 4.39. The number of rotatable bonds is 11. The summed E-state index contributed by atoms with van der Waals surface area (Å²) < 4.78 is 11.3. The predicted octanol–water partition coefficient (Wildman–Crippen LogP) is 5.86. The Kier molecular flexibility index (Phi) is 9.91. The van der Waals surface area contributed by atoms with Crippen molar-refractivity contribution < 1.29 is 19.1 Å². The van der Waals surface area contributed by atoms with Crippen molar-refractivity contribution in [3.63, 3.8) is 0 Å². The normalized spacial score (nSPS) is 13.0. The number of carbonyl (C=O) groups excluding carboxylic acids is 2. The SMILES string of the molecule is CCCNC(=O)[C@@H](Cc1ccccc1)N(Cc1ccc(Cl)c(Cl)c1)C(=O)CCc1ccc2c(c1)OCCO2. The van der Waals surface area contributed by atoms with Gasteiger partial charge in [0.1, 0.15) is 19.3 Å². The van der Waals surface area contributed by atoms with E-state index in [1.54, 1.807) is 17.0 Å². The van der Waals surface area contributed by atoms with Gasteiger partial charge in [0.25, 0.3) is 0 Å². The van der Waals surface area contributed by atoms with Crippen LogP contribution >= 0.6 is 23.2 Å². The summed E-state index contributed by atoms with van der Waals surface area (Å²) in [5.74, 6) is 1.10. The van der Waals surface area contributed by atoms with Crippen molar-refractivity contribution in [3.05, 3.63) is 93.5 Å². The van der Waals surface area contributed by atoms with Crippen LogP contribution in [-0.2, 0) is 29.0 Å². The van der Waals surface area contributed by atoms with E-state index in [2.05, 4.69) is 5.32 Å². The van der Waals surface area contributed by atoms with E-state index in [-0.39, 0.29) is 24.8 Å². The molecule has 3 aromatic carbocycles. The molecule has 0 saturated carbocycles. The number of halogens is 2. The topological polar surface area (TPSA) is 67.9 Å². The van der Waals surface area contributed by atoms with Gasteiger partial charge in [0.2, 0.25) is 11.8 Å². The van der Waals surface area contributed by atoms with Crippen molar-refractivity contribution in [1.82, 2.24) is 10.2 Å². The Hall–Kier alpha value is -3.22. The maximum absolute atomic E-state index is 13.8. The number of aryl methyl sites for hydroxylation is 1. The van der Waals surface area contributed by atoms with Gasteiger partial charge < -0.3 is 19.7 Å². The van der Waals surface area contributed by atoms with Gasteiger partial charge >= 0.3 is 0 Å². The molecule has 0 unspecified atom stereocenters. The van der Waals surface area contributed by atoms with Crippen molar-refractivity contribution in [3.8, 4) is 11.5 Å². The number of hydrogen-bond acceptors (Lipinski definition) is 4. The number of hydrogen-bond donors (Lipinski definition) is 1. The third kappa shape index (κ3) is 7.42. The molecule has 0 aliphatic carbocycles. The van der Waals surface area contributed by atoms with Crippen LogP contribution in [0.1, 0.15) is 36.5 Å². The number of fused-ring (bicyclic) bond motifs is 1. The Labute approximate surface area is 233 Å². The zero-order chi connectivity index (χ0) is 26.9. The first-order valence-corrected chi connectivity index (χ1v) is 13.6. The highest BCUT2D eigenvalue weighted by molar-refractivity contribution is 6.42. The van der Waals surface area contributed by atoms with E-state index in [0.717, 1.165) is 23.1 Å². The lowest BCUT2D eigenvalue weighted by Crippen LogP contribution is -2.50. The summed E-state index contributed by atoms with van der Waals surface area (Å²) in [5, 5.41) is 3.84. The molecule has 0 aromatic heterocycles. The van der Waals surface area contributed by atoms with Crippen LogP contribution in [0, 0.1) is 0 Å². The molecule has 6 nitrogen and oxygen atoms in total. The van der Waals surface area contributed by atoms with E-state index < -0.39 is 6.04 Å². The van der Waals surface area contributed by atoms with Crippen LogP contribution in [0.25, 0.3) is 0 Å². The number of carbonyl (C=O) groups is 2. The minimum absolute atomic E-state index is 0.126. The van der Waals surface area contributed by atoms with Crippen LogP contribution in [0.4, 0.5) is 0 Å². The van der Waals surface area contributed by atoms with Gasteiger partial charge in [-0.15, -0.1) is 0 Å². The average molecular weight is 556 g/mol. The average Bonchev–Trinajstić information content (AvgIpc) is 2.94. The van der Waals surface area contributed by atoms with E-state index in [4.69, 9.17) is 32.7 Å². The lowest BCUT2D eigenvalue weighted by molar-refractivity contribution is -0.141. The molecular weight excluding hydrogens is 523 g/mol. The second-order valence-electron chi connectivity index (χ2n) is 9.24. The highest BCUT2D eigenvalue weighted by Gasteiger charge is 2.30. The number of nitrogens with zero attached hydrogens (tertiary/aromatic N) is 1. The molecule has 2 amide bonds. The summed E-state index contributed by atoms with van der Waals surface area (Å²) in [6.45, 7) is 3.79. The maximum Gasteiger partial charge on any atom is 0.243 e. The number of benzene rings is 3. The third-order valence-corrected chi connectivity index (χ3v) is 7.13. The molecule has 200 valence electrons. The fraction of sp³-hybridized carbons (Fsp3) is 0.333. The molecule has 1 aliphatic rings. The summed E-state index contributed by atoms with van der Waals surface area (Å²) in [6.07, 6.45) is 1.93. The van der Waals surface area contributed by atoms with Gasteiger partial charge in [-0.1, -0.05) is 72.6 Å². The second-order valence-corrected chi connectivity index (χ2v) is 10.1. The fourth-order valence-corrected chi connectivity index (χ4v) is 4.71. The quantitative estimate of drug-likeness (QED) is 0.322. The van der Waals surface area contributed by atoms with Crippen LogP contribution in [0.2, 0.25) is 10.0 Å². The van der Waals surface area contributed by atoms with Crippen LogP contribution < -0.4 is 14.8 Å². The Morgan fingerprint density at radius 2 is 1.63 bits per heavy atom. The molecule has 1 heterocycles. The Morgan fingerprint density at radius 3 is 2.37 bits per heavy atom. The predicted molar refractivity (Wildman–Crippen MR) is 150 cm³/mol.